The zero-order valence-electron chi connectivity index (χ0n) is 23.8. The van der Waals surface area contributed by atoms with Crippen LogP contribution in [0.15, 0.2) is 71.0 Å². The van der Waals surface area contributed by atoms with Gasteiger partial charge in [0.15, 0.2) is 5.76 Å². The van der Waals surface area contributed by atoms with Crippen LogP contribution in [0.1, 0.15) is 29.0 Å². The van der Waals surface area contributed by atoms with E-state index in [1.54, 1.807) is 11.2 Å². The van der Waals surface area contributed by atoms with Crippen molar-refractivity contribution < 1.29 is 42.7 Å². The van der Waals surface area contributed by atoms with Gasteiger partial charge in [-0.3, -0.25) is 4.79 Å². The lowest BCUT2D eigenvalue weighted by atomic mass is 9.92. The Labute approximate surface area is 245 Å². The first kappa shape index (κ1) is 30.2. The molecule has 10 nitrogen and oxygen atoms in total. The van der Waals surface area contributed by atoms with E-state index in [1.807, 2.05) is 54.6 Å². The second kappa shape index (κ2) is 15.8. The standard InChI is InChI=1S/C32H39NO9/c34-21-24-5-7-25(8-6-24)22-41-31-20-26(28-23-40-29-4-2-1-3-27(28)29)19-30(42-31)32(35)33-9-11-36-13-15-38-17-18-39-16-14-37-12-10-33/h1-8,19,23,26,31,34H,9-18,20-22H2. The van der Waals surface area contributed by atoms with Crippen molar-refractivity contribution >= 4 is 16.9 Å². The maximum absolute atomic E-state index is 13.9. The van der Waals surface area contributed by atoms with E-state index in [4.69, 9.17) is 32.8 Å². The molecule has 0 aliphatic carbocycles. The number of benzene rings is 2. The number of aliphatic hydroxyl groups is 1. The van der Waals surface area contributed by atoms with Crippen LogP contribution in [0, 0.1) is 0 Å². The lowest BCUT2D eigenvalue weighted by Crippen LogP contribution is -2.40. The highest BCUT2D eigenvalue weighted by Gasteiger charge is 2.32. The molecule has 2 atom stereocenters. The summed E-state index contributed by atoms with van der Waals surface area (Å²) in [6, 6.07) is 15.4. The van der Waals surface area contributed by atoms with E-state index in [0.29, 0.717) is 79.0 Å². The molecule has 3 heterocycles. The largest absolute Gasteiger partial charge is 0.464 e. The number of hydrogen-bond donors (Lipinski definition) is 1. The Balaban J connectivity index is 1.33. The maximum atomic E-state index is 13.9. The molecule has 42 heavy (non-hydrogen) atoms. The third-order valence-corrected chi connectivity index (χ3v) is 7.23. The summed E-state index contributed by atoms with van der Waals surface area (Å²) in [5.41, 5.74) is 3.53. The molecule has 2 unspecified atom stereocenters. The zero-order chi connectivity index (χ0) is 29.0. The molecular formula is C32H39NO9. The normalized spacial score (nSPS) is 21.6. The highest BCUT2D eigenvalue weighted by atomic mass is 16.7. The van der Waals surface area contributed by atoms with E-state index in [0.717, 1.165) is 27.7 Å². The molecule has 0 spiro atoms. The summed E-state index contributed by atoms with van der Waals surface area (Å²) >= 11 is 0. The fourth-order valence-corrected chi connectivity index (χ4v) is 4.93. The maximum Gasteiger partial charge on any atom is 0.288 e. The average molecular weight is 582 g/mol. The second-order valence-electron chi connectivity index (χ2n) is 10.1. The van der Waals surface area contributed by atoms with E-state index in [1.165, 1.54) is 0 Å². The van der Waals surface area contributed by atoms with Crippen LogP contribution >= 0.6 is 0 Å². The molecule has 1 fully saturated rings. The number of furan rings is 1. The third kappa shape index (κ3) is 8.41. The molecule has 1 saturated heterocycles. The van der Waals surface area contributed by atoms with Crippen LogP contribution in [-0.4, -0.2) is 88.1 Å². The average Bonchev–Trinajstić information content (AvgIpc) is 3.46. The van der Waals surface area contributed by atoms with E-state index in [2.05, 4.69) is 0 Å². The summed E-state index contributed by atoms with van der Waals surface area (Å²) in [4.78, 5) is 15.6. The van der Waals surface area contributed by atoms with Gasteiger partial charge in [0.05, 0.1) is 72.3 Å². The fourth-order valence-electron chi connectivity index (χ4n) is 4.93. The van der Waals surface area contributed by atoms with Crippen molar-refractivity contribution in [1.29, 1.82) is 0 Å². The monoisotopic (exact) mass is 581 g/mol. The van der Waals surface area contributed by atoms with Crippen LogP contribution in [0.5, 0.6) is 0 Å². The number of para-hydroxylation sites is 1. The Hall–Kier alpha value is -3.25. The third-order valence-electron chi connectivity index (χ3n) is 7.23. The Morgan fingerprint density at radius 2 is 1.45 bits per heavy atom. The van der Waals surface area contributed by atoms with Crippen molar-refractivity contribution in [2.45, 2.75) is 31.8 Å². The van der Waals surface area contributed by atoms with Crippen molar-refractivity contribution in [1.82, 2.24) is 4.90 Å². The molecule has 10 heteroatoms. The van der Waals surface area contributed by atoms with Gasteiger partial charge in [0, 0.05) is 36.4 Å². The molecule has 2 aliphatic heterocycles. The molecule has 1 aromatic heterocycles. The molecule has 0 saturated carbocycles. The lowest BCUT2D eigenvalue weighted by Gasteiger charge is -2.31. The Morgan fingerprint density at radius 3 is 2.12 bits per heavy atom. The first-order valence-electron chi connectivity index (χ1n) is 14.5. The smallest absolute Gasteiger partial charge is 0.288 e. The van der Waals surface area contributed by atoms with E-state index in [-0.39, 0.29) is 24.2 Å². The molecule has 2 aromatic carbocycles. The summed E-state index contributed by atoms with van der Waals surface area (Å²) in [6.07, 6.45) is 3.48. The van der Waals surface area contributed by atoms with Crippen molar-refractivity contribution in [2.75, 3.05) is 65.9 Å². The Morgan fingerprint density at radius 1 is 0.833 bits per heavy atom. The van der Waals surface area contributed by atoms with Crippen LogP contribution in [0.2, 0.25) is 0 Å². The quantitative estimate of drug-likeness (QED) is 0.465. The number of allylic oxidation sites excluding steroid dienone is 1. The number of carbonyl (C=O) groups excluding carboxylic acids is 1. The fraction of sp³-hybridized carbons (Fsp3) is 0.469. The summed E-state index contributed by atoms with van der Waals surface area (Å²) in [5.74, 6) is -0.187. The minimum absolute atomic E-state index is 0.0163. The first-order chi connectivity index (χ1) is 20.7. The highest BCUT2D eigenvalue weighted by Crippen LogP contribution is 2.37. The predicted molar refractivity (Wildman–Crippen MR) is 154 cm³/mol. The molecular weight excluding hydrogens is 542 g/mol. The van der Waals surface area contributed by atoms with Crippen molar-refractivity contribution in [2.24, 2.45) is 0 Å². The number of rotatable bonds is 6. The van der Waals surface area contributed by atoms with E-state index >= 15 is 0 Å². The summed E-state index contributed by atoms with van der Waals surface area (Å²) < 4.78 is 40.7. The van der Waals surface area contributed by atoms with Gasteiger partial charge in [0.1, 0.15) is 5.58 Å². The Kier molecular flexibility index (Phi) is 11.4. The molecule has 0 bridgehead atoms. The SMILES string of the molecule is O=C(C1=CC(c2coc3ccccc23)CC(OCc2ccc(CO)cc2)O1)N1CCOCCOCCOCCOCC1. The van der Waals surface area contributed by atoms with E-state index < -0.39 is 6.29 Å². The number of amides is 1. The molecule has 1 amide bonds. The van der Waals surface area contributed by atoms with Crippen molar-refractivity contribution in [3.63, 3.8) is 0 Å². The van der Waals surface area contributed by atoms with Crippen LogP contribution in [0.3, 0.4) is 0 Å². The van der Waals surface area contributed by atoms with Crippen LogP contribution < -0.4 is 0 Å². The number of nitrogens with zero attached hydrogens (tertiary/aromatic N) is 1. The summed E-state index contributed by atoms with van der Waals surface area (Å²) in [7, 11) is 0. The van der Waals surface area contributed by atoms with Gasteiger partial charge in [-0.25, -0.2) is 0 Å². The molecule has 2 aliphatic rings. The number of fused-ring (bicyclic) bond motifs is 1. The van der Waals surface area contributed by atoms with Crippen LogP contribution in [-0.2, 0) is 46.4 Å². The topological polar surface area (TPSA) is 109 Å². The highest BCUT2D eigenvalue weighted by molar-refractivity contribution is 5.92. The molecule has 5 rings (SSSR count). The van der Waals surface area contributed by atoms with Gasteiger partial charge in [0.25, 0.3) is 5.91 Å². The van der Waals surface area contributed by atoms with Crippen LogP contribution in [0.25, 0.3) is 11.0 Å². The van der Waals surface area contributed by atoms with Gasteiger partial charge in [0.2, 0.25) is 6.29 Å². The summed E-state index contributed by atoms with van der Waals surface area (Å²) in [6.45, 7) is 4.55. The zero-order valence-corrected chi connectivity index (χ0v) is 23.8. The number of ether oxygens (including phenoxy) is 6. The molecule has 226 valence electrons. The lowest BCUT2D eigenvalue weighted by molar-refractivity contribution is -0.156. The van der Waals surface area contributed by atoms with Crippen molar-refractivity contribution in [3.05, 3.63) is 83.3 Å². The molecule has 0 radical (unpaired) electrons. The van der Waals surface area contributed by atoms with E-state index in [9.17, 15) is 9.90 Å². The van der Waals surface area contributed by atoms with Gasteiger partial charge in [-0.1, -0.05) is 42.5 Å². The van der Waals surface area contributed by atoms with Crippen molar-refractivity contribution in [3.8, 4) is 0 Å². The van der Waals surface area contributed by atoms with Crippen LogP contribution in [0.4, 0.5) is 0 Å². The van der Waals surface area contributed by atoms with Gasteiger partial charge in [-0.05, 0) is 23.3 Å². The minimum atomic E-state index is -0.657. The summed E-state index contributed by atoms with van der Waals surface area (Å²) in [5, 5.41) is 10.3. The second-order valence-corrected chi connectivity index (χ2v) is 10.1. The van der Waals surface area contributed by atoms with Gasteiger partial charge in [-0.15, -0.1) is 0 Å². The van der Waals surface area contributed by atoms with Gasteiger partial charge in [-0.2, -0.15) is 0 Å². The predicted octanol–water partition coefficient (Wildman–Crippen LogP) is 3.76. The number of aliphatic hydroxyl groups excluding tert-OH is 1. The molecule has 3 aromatic rings. The number of hydrogen-bond acceptors (Lipinski definition) is 9. The van der Waals surface area contributed by atoms with Gasteiger partial charge < -0.3 is 42.8 Å². The van der Waals surface area contributed by atoms with Gasteiger partial charge >= 0.3 is 0 Å². The number of carbonyl (C=O) groups is 1. The first-order valence-corrected chi connectivity index (χ1v) is 14.5. The Bertz CT molecular complexity index is 1270. The molecule has 1 N–H and O–H groups in total. The minimum Gasteiger partial charge on any atom is -0.464 e.